The molecule has 0 saturated heterocycles. The van der Waals surface area contributed by atoms with E-state index in [0.717, 1.165) is 18.4 Å². The summed E-state index contributed by atoms with van der Waals surface area (Å²) in [5.41, 5.74) is 0.940. The van der Waals surface area contributed by atoms with Crippen LogP contribution < -0.4 is 5.32 Å². The Bertz CT molecular complexity index is 398. The van der Waals surface area contributed by atoms with Crippen molar-refractivity contribution in [2.24, 2.45) is 0 Å². The van der Waals surface area contributed by atoms with Gasteiger partial charge in [0.2, 0.25) is 5.76 Å². The molecule has 1 rings (SSSR count). The van der Waals surface area contributed by atoms with Gasteiger partial charge in [-0.25, -0.2) is 4.79 Å². The van der Waals surface area contributed by atoms with Gasteiger partial charge in [0.15, 0.2) is 0 Å². The zero-order chi connectivity index (χ0) is 14.3. The average molecular weight is 267 g/mol. The van der Waals surface area contributed by atoms with Gasteiger partial charge < -0.3 is 14.8 Å². The third-order valence-electron chi connectivity index (χ3n) is 3.36. The lowest BCUT2D eigenvalue weighted by atomic mass is 10.0. The Morgan fingerprint density at radius 3 is 2.63 bits per heavy atom. The van der Waals surface area contributed by atoms with Crippen LogP contribution in [0.2, 0.25) is 0 Å². The van der Waals surface area contributed by atoms with Crippen molar-refractivity contribution in [2.45, 2.75) is 65.5 Å². The Labute approximate surface area is 115 Å². The highest BCUT2D eigenvalue weighted by Gasteiger charge is 2.14. The number of aromatic carboxylic acids is 1. The molecule has 1 aromatic rings. The van der Waals surface area contributed by atoms with Gasteiger partial charge in [0, 0.05) is 18.2 Å². The number of unbranched alkanes of at least 4 members (excludes halogenated alkanes) is 1. The fourth-order valence-corrected chi connectivity index (χ4v) is 2.20. The fraction of sp³-hybridized carbons (Fsp3) is 0.667. The molecular weight excluding hydrogens is 242 g/mol. The van der Waals surface area contributed by atoms with Gasteiger partial charge in [0.25, 0.3) is 0 Å². The summed E-state index contributed by atoms with van der Waals surface area (Å²) in [7, 11) is 0. The minimum Gasteiger partial charge on any atom is -0.475 e. The molecule has 1 unspecified atom stereocenters. The van der Waals surface area contributed by atoms with E-state index in [1.807, 2.05) is 6.92 Å². The number of carbonyl (C=O) groups is 1. The maximum atomic E-state index is 10.8. The zero-order valence-corrected chi connectivity index (χ0v) is 12.2. The molecule has 0 amide bonds. The Morgan fingerprint density at radius 1 is 1.37 bits per heavy atom. The van der Waals surface area contributed by atoms with E-state index in [4.69, 9.17) is 9.52 Å². The van der Waals surface area contributed by atoms with E-state index >= 15 is 0 Å². The summed E-state index contributed by atoms with van der Waals surface area (Å²) < 4.78 is 5.21. The Balaban J connectivity index is 2.55. The number of furan rings is 1. The second kappa shape index (κ2) is 8.00. The lowest BCUT2D eigenvalue weighted by molar-refractivity contribution is 0.0661. The largest absolute Gasteiger partial charge is 0.475 e. The van der Waals surface area contributed by atoms with Crippen molar-refractivity contribution in [3.8, 4) is 0 Å². The van der Waals surface area contributed by atoms with Gasteiger partial charge in [0.1, 0.15) is 5.76 Å². The molecule has 0 radical (unpaired) electrons. The molecule has 0 saturated carbocycles. The molecule has 0 aliphatic carbocycles. The van der Waals surface area contributed by atoms with E-state index in [2.05, 4.69) is 19.2 Å². The van der Waals surface area contributed by atoms with Crippen LogP contribution in [0.1, 0.15) is 67.8 Å². The zero-order valence-electron chi connectivity index (χ0n) is 12.2. The summed E-state index contributed by atoms with van der Waals surface area (Å²) in [4.78, 5) is 10.8. The predicted molar refractivity (Wildman–Crippen MR) is 75.5 cm³/mol. The quantitative estimate of drug-likeness (QED) is 0.715. The van der Waals surface area contributed by atoms with Gasteiger partial charge in [0.05, 0.1) is 0 Å². The second-order valence-corrected chi connectivity index (χ2v) is 5.01. The topological polar surface area (TPSA) is 62.5 Å². The second-order valence-electron chi connectivity index (χ2n) is 5.01. The number of rotatable bonds is 9. The number of aryl methyl sites for hydroxylation is 1. The van der Waals surface area contributed by atoms with Crippen molar-refractivity contribution >= 4 is 5.97 Å². The van der Waals surface area contributed by atoms with Gasteiger partial charge in [-0.2, -0.15) is 0 Å². The first-order valence-corrected chi connectivity index (χ1v) is 7.14. The predicted octanol–water partition coefficient (Wildman–Crippen LogP) is 3.73. The van der Waals surface area contributed by atoms with Crippen molar-refractivity contribution in [3.05, 3.63) is 23.2 Å². The lowest BCUT2D eigenvalue weighted by Crippen LogP contribution is -2.28. The summed E-state index contributed by atoms with van der Waals surface area (Å²) in [6, 6.07) is 2.13. The monoisotopic (exact) mass is 267 g/mol. The van der Waals surface area contributed by atoms with Crippen LogP contribution in [-0.4, -0.2) is 17.1 Å². The first-order valence-electron chi connectivity index (χ1n) is 7.14. The van der Waals surface area contributed by atoms with Gasteiger partial charge in [-0.15, -0.1) is 0 Å². The highest BCUT2D eigenvalue weighted by atomic mass is 16.4. The molecule has 0 aliphatic rings. The van der Waals surface area contributed by atoms with E-state index < -0.39 is 5.97 Å². The molecule has 0 bridgehead atoms. The molecule has 1 atom stereocenters. The van der Waals surface area contributed by atoms with Crippen molar-refractivity contribution in [2.75, 3.05) is 0 Å². The minimum atomic E-state index is -1.01. The fourth-order valence-electron chi connectivity index (χ4n) is 2.20. The molecular formula is C15H25NO3. The van der Waals surface area contributed by atoms with Crippen molar-refractivity contribution in [1.29, 1.82) is 0 Å². The Morgan fingerprint density at radius 2 is 2.11 bits per heavy atom. The van der Waals surface area contributed by atoms with E-state index in [0.29, 0.717) is 18.3 Å². The lowest BCUT2D eigenvalue weighted by Gasteiger charge is -2.17. The molecule has 4 nitrogen and oxygen atoms in total. The van der Waals surface area contributed by atoms with Crippen LogP contribution in [0.15, 0.2) is 10.5 Å². The van der Waals surface area contributed by atoms with Gasteiger partial charge >= 0.3 is 5.97 Å². The van der Waals surface area contributed by atoms with Crippen LogP contribution in [0.4, 0.5) is 0 Å². The first-order chi connectivity index (χ1) is 9.08. The Kier molecular flexibility index (Phi) is 6.64. The van der Waals surface area contributed by atoms with Crippen LogP contribution in [-0.2, 0) is 6.54 Å². The molecule has 0 fully saturated rings. The standard InChI is InChI=1S/C15H25NO3/c1-4-6-8-13(7-5-2)16-10-12-9-14(15(17)18)19-11(12)3/h9,13,16H,4-8,10H2,1-3H3,(H,17,18). The summed E-state index contributed by atoms with van der Waals surface area (Å²) in [5, 5.41) is 12.4. The summed E-state index contributed by atoms with van der Waals surface area (Å²) >= 11 is 0. The van der Waals surface area contributed by atoms with Gasteiger partial charge in [-0.05, 0) is 25.8 Å². The molecule has 0 spiro atoms. The maximum absolute atomic E-state index is 10.8. The highest BCUT2D eigenvalue weighted by molar-refractivity contribution is 5.84. The van der Waals surface area contributed by atoms with Crippen molar-refractivity contribution in [1.82, 2.24) is 5.32 Å². The summed E-state index contributed by atoms with van der Waals surface area (Å²) in [6.45, 7) is 6.87. The molecule has 4 heteroatoms. The molecule has 0 aliphatic heterocycles. The van der Waals surface area contributed by atoms with Gasteiger partial charge in [-0.1, -0.05) is 33.1 Å². The molecule has 1 heterocycles. The SMILES string of the molecule is CCCCC(CCC)NCc1cc(C(=O)O)oc1C. The van der Waals surface area contributed by atoms with Crippen LogP contribution in [0.3, 0.4) is 0 Å². The number of hydrogen-bond donors (Lipinski definition) is 2. The Hall–Kier alpha value is -1.29. The molecule has 108 valence electrons. The number of carboxylic acids is 1. The maximum Gasteiger partial charge on any atom is 0.371 e. The van der Waals surface area contributed by atoms with Crippen LogP contribution in [0.25, 0.3) is 0 Å². The minimum absolute atomic E-state index is 0.0231. The molecule has 2 N–H and O–H groups in total. The highest BCUT2D eigenvalue weighted by Crippen LogP contribution is 2.16. The average Bonchev–Trinajstić information content (AvgIpc) is 2.74. The summed E-state index contributed by atoms with van der Waals surface area (Å²) in [6.07, 6.45) is 5.92. The molecule has 1 aromatic heterocycles. The third-order valence-corrected chi connectivity index (χ3v) is 3.36. The third kappa shape index (κ3) is 5.07. The smallest absolute Gasteiger partial charge is 0.371 e. The van der Waals surface area contributed by atoms with Crippen LogP contribution >= 0.6 is 0 Å². The van der Waals surface area contributed by atoms with Gasteiger partial charge in [-0.3, -0.25) is 0 Å². The number of hydrogen-bond acceptors (Lipinski definition) is 3. The van der Waals surface area contributed by atoms with Crippen molar-refractivity contribution < 1.29 is 14.3 Å². The van der Waals surface area contributed by atoms with E-state index in [1.165, 1.54) is 19.3 Å². The molecule has 0 aromatic carbocycles. The van der Waals surface area contributed by atoms with Crippen LogP contribution in [0, 0.1) is 6.92 Å². The summed E-state index contributed by atoms with van der Waals surface area (Å²) in [5.74, 6) is -0.295. The van der Waals surface area contributed by atoms with E-state index in [9.17, 15) is 4.79 Å². The normalized spacial score (nSPS) is 12.6. The number of carboxylic acid groups (broad SMARTS) is 1. The number of nitrogens with one attached hydrogen (secondary N) is 1. The van der Waals surface area contributed by atoms with E-state index in [-0.39, 0.29) is 5.76 Å². The van der Waals surface area contributed by atoms with Crippen molar-refractivity contribution in [3.63, 3.8) is 0 Å². The first kappa shape index (κ1) is 15.8. The van der Waals surface area contributed by atoms with E-state index in [1.54, 1.807) is 6.07 Å². The molecule has 19 heavy (non-hydrogen) atoms. The van der Waals surface area contributed by atoms with Crippen LogP contribution in [0.5, 0.6) is 0 Å².